The van der Waals surface area contributed by atoms with Crippen LogP contribution in [-0.4, -0.2) is 35.4 Å². The molecule has 0 heterocycles. The van der Waals surface area contributed by atoms with Gasteiger partial charge in [0.2, 0.25) is 0 Å². The summed E-state index contributed by atoms with van der Waals surface area (Å²) in [5.41, 5.74) is 3.18. The third kappa shape index (κ3) is 9.71. The zero-order chi connectivity index (χ0) is 29.5. The van der Waals surface area contributed by atoms with Crippen LogP contribution >= 0.6 is 0 Å². The minimum atomic E-state index is -1.32. The normalized spacial score (nSPS) is 17.2. The number of ether oxygens (including phenoxy) is 2. The van der Waals surface area contributed by atoms with Gasteiger partial charge in [0.1, 0.15) is 0 Å². The SMILES string of the molecule is CCCCCCCCOC1(C(=O)O)C=CC(c2ccccc2-c2ccc(C(=O)OC(C)CCCCCC)cc2)=CC1. The molecule has 0 amide bonds. The fraction of sp³-hybridized carbons (Fsp3) is 0.500. The van der Waals surface area contributed by atoms with Crippen molar-refractivity contribution < 1.29 is 24.2 Å². The average Bonchev–Trinajstić information content (AvgIpc) is 2.99. The Morgan fingerprint density at radius 1 is 0.854 bits per heavy atom. The van der Waals surface area contributed by atoms with Crippen molar-refractivity contribution >= 4 is 17.5 Å². The molecular formula is C36H48O5. The number of hydrogen-bond acceptors (Lipinski definition) is 4. The van der Waals surface area contributed by atoms with Crippen molar-refractivity contribution in [3.8, 4) is 11.1 Å². The predicted molar refractivity (Wildman–Crippen MR) is 167 cm³/mol. The minimum Gasteiger partial charge on any atom is -0.479 e. The molecule has 0 fully saturated rings. The van der Waals surface area contributed by atoms with Crippen molar-refractivity contribution in [2.24, 2.45) is 0 Å². The first kappa shape index (κ1) is 32.3. The lowest BCUT2D eigenvalue weighted by molar-refractivity contribution is -0.159. The number of benzene rings is 2. The zero-order valence-corrected chi connectivity index (χ0v) is 25.2. The Balaban J connectivity index is 1.64. The standard InChI is InChI=1S/C36H48O5/c1-4-6-8-10-11-15-27-40-36(35(38)39)25-23-30(24-26-36)33-18-14-13-17-32(33)29-19-21-31(22-20-29)34(37)41-28(3)16-12-9-7-5-2/h13-14,17-25,28H,4-12,15-16,26-27H2,1-3H3,(H,38,39). The second kappa shape index (κ2) is 16.9. The Labute approximate surface area is 246 Å². The number of carboxylic acids is 1. The number of esters is 1. The van der Waals surface area contributed by atoms with Crippen molar-refractivity contribution in [3.63, 3.8) is 0 Å². The summed E-state index contributed by atoms with van der Waals surface area (Å²) >= 11 is 0. The number of hydrogen-bond donors (Lipinski definition) is 1. The summed E-state index contributed by atoms with van der Waals surface area (Å²) in [7, 11) is 0. The molecule has 2 aromatic carbocycles. The lowest BCUT2D eigenvalue weighted by Gasteiger charge is -2.28. The summed E-state index contributed by atoms with van der Waals surface area (Å²) in [6.45, 7) is 6.78. The Hall–Kier alpha value is -3.18. The van der Waals surface area contributed by atoms with Crippen LogP contribution in [0.1, 0.15) is 114 Å². The van der Waals surface area contributed by atoms with Crippen LogP contribution in [0.3, 0.4) is 0 Å². The molecule has 2 unspecified atom stereocenters. The molecule has 0 bridgehead atoms. The summed E-state index contributed by atoms with van der Waals surface area (Å²) in [5.74, 6) is -1.25. The van der Waals surface area contributed by atoms with Crippen LogP contribution in [-0.2, 0) is 14.3 Å². The fourth-order valence-corrected chi connectivity index (χ4v) is 5.23. The van der Waals surface area contributed by atoms with Gasteiger partial charge >= 0.3 is 11.9 Å². The van der Waals surface area contributed by atoms with E-state index in [0.29, 0.717) is 12.2 Å². The van der Waals surface area contributed by atoms with E-state index >= 15 is 0 Å². The largest absolute Gasteiger partial charge is 0.479 e. The quantitative estimate of drug-likeness (QED) is 0.145. The third-order valence-corrected chi connectivity index (χ3v) is 7.82. The number of aliphatic carboxylic acids is 1. The molecule has 0 aromatic heterocycles. The maximum atomic E-state index is 12.7. The number of carbonyl (C=O) groups excluding carboxylic acids is 1. The van der Waals surface area contributed by atoms with Crippen LogP contribution < -0.4 is 0 Å². The zero-order valence-electron chi connectivity index (χ0n) is 25.2. The first-order valence-electron chi connectivity index (χ1n) is 15.6. The molecular weight excluding hydrogens is 512 g/mol. The molecule has 0 radical (unpaired) electrons. The first-order chi connectivity index (χ1) is 19.9. The second-order valence-electron chi connectivity index (χ2n) is 11.2. The minimum absolute atomic E-state index is 0.0996. The van der Waals surface area contributed by atoms with Crippen molar-refractivity contribution in [1.29, 1.82) is 0 Å². The summed E-state index contributed by atoms with van der Waals surface area (Å²) in [6.07, 6.45) is 18.0. The van der Waals surface area contributed by atoms with Gasteiger partial charge in [-0.3, -0.25) is 0 Å². The Morgan fingerprint density at radius 3 is 2.12 bits per heavy atom. The Morgan fingerprint density at radius 2 is 1.49 bits per heavy atom. The van der Waals surface area contributed by atoms with Crippen LogP contribution in [0.2, 0.25) is 0 Å². The molecule has 2 atom stereocenters. The fourth-order valence-electron chi connectivity index (χ4n) is 5.23. The summed E-state index contributed by atoms with van der Waals surface area (Å²) in [6, 6.07) is 15.6. The highest BCUT2D eigenvalue weighted by Gasteiger charge is 2.38. The van der Waals surface area contributed by atoms with E-state index in [1.165, 1.54) is 38.5 Å². The summed E-state index contributed by atoms with van der Waals surface area (Å²) in [5, 5.41) is 10.00. The molecule has 5 nitrogen and oxygen atoms in total. The van der Waals surface area contributed by atoms with Gasteiger partial charge in [0.15, 0.2) is 5.60 Å². The smallest absolute Gasteiger partial charge is 0.340 e. The van der Waals surface area contributed by atoms with E-state index < -0.39 is 11.6 Å². The summed E-state index contributed by atoms with van der Waals surface area (Å²) < 4.78 is 11.6. The van der Waals surface area contributed by atoms with E-state index in [2.05, 4.69) is 13.8 Å². The molecule has 41 heavy (non-hydrogen) atoms. The molecule has 222 valence electrons. The van der Waals surface area contributed by atoms with Crippen LogP contribution in [0.4, 0.5) is 0 Å². The van der Waals surface area contributed by atoms with Gasteiger partial charge in [0, 0.05) is 13.0 Å². The first-order valence-corrected chi connectivity index (χ1v) is 15.6. The number of allylic oxidation sites excluding steroid dienone is 2. The van der Waals surface area contributed by atoms with Crippen LogP contribution in [0, 0.1) is 0 Å². The lowest BCUT2D eigenvalue weighted by Crippen LogP contribution is -2.40. The third-order valence-electron chi connectivity index (χ3n) is 7.82. The molecule has 5 heteroatoms. The van der Waals surface area contributed by atoms with Crippen molar-refractivity contribution in [1.82, 2.24) is 0 Å². The van der Waals surface area contributed by atoms with Crippen molar-refractivity contribution in [3.05, 3.63) is 77.9 Å². The van der Waals surface area contributed by atoms with Gasteiger partial charge in [-0.05, 0) is 66.7 Å². The van der Waals surface area contributed by atoms with Gasteiger partial charge in [-0.2, -0.15) is 0 Å². The molecule has 1 aliphatic carbocycles. The molecule has 1 aliphatic rings. The van der Waals surface area contributed by atoms with Gasteiger partial charge in [-0.1, -0.05) is 114 Å². The molecule has 1 N–H and O–H groups in total. The maximum absolute atomic E-state index is 12.7. The number of carbonyl (C=O) groups is 2. The molecule has 0 aliphatic heterocycles. The Kier molecular flexibility index (Phi) is 13.4. The number of rotatable bonds is 18. The highest BCUT2D eigenvalue weighted by molar-refractivity contribution is 5.92. The van der Waals surface area contributed by atoms with Crippen LogP contribution in [0.5, 0.6) is 0 Å². The monoisotopic (exact) mass is 560 g/mol. The van der Waals surface area contributed by atoms with E-state index in [1.807, 2.05) is 67.6 Å². The molecule has 2 aromatic rings. The molecule has 3 rings (SSSR count). The van der Waals surface area contributed by atoms with E-state index in [-0.39, 0.29) is 18.5 Å². The topological polar surface area (TPSA) is 72.8 Å². The van der Waals surface area contributed by atoms with Gasteiger partial charge in [0.05, 0.1) is 11.7 Å². The van der Waals surface area contributed by atoms with E-state index in [1.54, 1.807) is 6.08 Å². The highest BCUT2D eigenvalue weighted by atomic mass is 16.5. The predicted octanol–water partition coefficient (Wildman–Crippen LogP) is 9.41. The average molecular weight is 561 g/mol. The lowest BCUT2D eigenvalue weighted by atomic mass is 9.86. The van der Waals surface area contributed by atoms with Crippen molar-refractivity contribution in [2.75, 3.05) is 6.61 Å². The summed E-state index contributed by atoms with van der Waals surface area (Å²) in [4.78, 5) is 24.9. The van der Waals surface area contributed by atoms with Gasteiger partial charge in [-0.25, -0.2) is 9.59 Å². The van der Waals surface area contributed by atoms with Gasteiger partial charge in [0.25, 0.3) is 0 Å². The van der Waals surface area contributed by atoms with E-state index in [9.17, 15) is 14.7 Å². The molecule has 0 saturated heterocycles. The van der Waals surface area contributed by atoms with Gasteiger partial charge in [-0.15, -0.1) is 0 Å². The molecule has 0 saturated carbocycles. The van der Waals surface area contributed by atoms with E-state index in [4.69, 9.17) is 9.47 Å². The van der Waals surface area contributed by atoms with E-state index in [0.717, 1.165) is 54.4 Å². The number of carboxylic acid groups (broad SMARTS) is 1. The maximum Gasteiger partial charge on any atom is 0.340 e. The number of unbranched alkanes of at least 4 members (excludes halogenated alkanes) is 8. The Bertz CT molecular complexity index is 1160. The highest BCUT2D eigenvalue weighted by Crippen LogP contribution is 2.35. The van der Waals surface area contributed by atoms with Gasteiger partial charge < -0.3 is 14.6 Å². The van der Waals surface area contributed by atoms with Crippen LogP contribution in [0.25, 0.3) is 16.7 Å². The second-order valence-corrected chi connectivity index (χ2v) is 11.2. The van der Waals surface area contributed by atoms with Crippen LogP contribution in [0.15, 0.2) is 66.8 Å². The van der Waals surface area contributed by atoms with Crippen molar-refractivity contribution in [2.45, 2.75) is 110 Å². The molecule has 0 spiro atoms.